The van der Waals surface area contributed by atoms with Crippen LogP contribution in [0.5, 0.6) is 0 Å². The van der Waals surface area contributed by atoms with E-state index in [1.807, 2.05) is 0 Å². The first-order valence-electron chi connectivity index (χ1n) is 2.26. The van der Waals surface area contributed by atoms with Crippen LogP contribution in [0.25, 0.3) is 0 Å². The summed E-state index contributed by atoms with van der Waals surface area (Å²) in [4.78, 5) is 0. The minimum atomic E-state index is -5.79. The maximum absolute atomic E-state index is 11.7. The maximum Gasteiger partial charge on any atom is 0.445 e. The molecule has 0 aliphatic heterocycles. The van der Waals surface area contributed by atoms with Gasteiger partial charge in [-0.2, -0.15) is 26.3 Å². The lowest BCUT2D eigenvalue weighted by molar-refractivity contribution is -0.114. The van der Waals surface area contributed by atoms with Gasteiger partial charge in [-0.15, -0.1) is 0 Å². The third kappa shape index (κ3) is 2.88. The Balaban J connectivity index is 4.96. The molecule has 0 bridgehead atoms. The molecular formula is C4ClF7. The fourth-order valence-corrected chi connectivity index (χ4v) is 0.332. The first-order chi connectivity index (χ1) is 5.07. The molecule has 0 amide bonds. The van der Waals surface area contributed by atoms with Gasteiger partial charge in [0.05, 0.1) is 0 Å². The monoisotopic (exact) mass is 216 g/mol. The lowest BCUT2D eigenvalue weighted by Crippen LogP contribution is -2.16. The van der Waals surface area contributed by atoms with E-state index in [2.05, 4.69) is 11.6 Å². The number of hydrogen-bond donors (Lipinski definition) is 0. The summed E-state index contributed by atoms with van der Waals surface area (Å²) in [5.41, 5.74) is 0. The summed E-state index contributed by atoms with van der Waals surface area (Å²) in [6, 6.07) is 0. The third-order valence-corrected chi connectivity index (χ3v) is 0.856. The average Bonchev–Trinajstić information content (AvgIpc) is 1.80. The van der Waals surface area contributed by atoms with E-state index in [0.29, 0.717) is 0 Å². The molecule has 0 saturated carbocycles. The largest absolute Gasteiger partial charge is 0.445 e. The lowest BCUT2D eigenvalue weighted by Gasteiger charge is -2.08. The zero-order valence-corrected chi connectivity index (χ0v) is 5.78. The van der Waals surface area contributed by atoms with Crippen LogP contribution in [0.15, 0.2) is 11.7 Å². The summed E-state index contributed by atoms with van der Waals surface area (Å²) in [5.74, 6) is -6.86. The Hall–Kier alpha value is -0.460. The molecule has 0 aliphatic carbocycles. The smallest absolute Gasteiger partial charge is 0.200 e. The molecule has 0 aromatic carbocycles. The summed E-state index contributed by atoms with van der Waals surface area (Å²) in [7, 11) is 0. The zero-order chi connectivity index (χ0) is 10.2. The predicted octanol–water partition coefficient (Wildman–Crippen LogP) is 3.53. The van der Waals surface area contributed by atoms with Gasteiger partial charge in [0.25, 0.3) is 0 Å². The van der Waals surface area contributed by atoms with Crippen molar-refractivity contribution in [2.45, 2.75) is 11.6 Å². The predicted molar refractivity (Wildman–Crippen MR) is 26.1 cm³/mol. The Morgan fingerprint density at radius 3 is 1.25 bits per heavy atom. The maximum atomic E-state index is 11.7. The van der Waals surface area contributed by atoms with E-state index in [1.54, 1.807) is 0 Å². The molecular weight excluding hydrogens is 216 g/mol. The molecule has 72 valence electrons. The number of hydrogen-bond acceptors (Lipinski definition) is 0. The van der Waals surface area contributed by atoms with E-state index < -0.39 is 23.2 Å². The van der Waals surface area contributed by atoms with Gasteiger partial charge in [-0.3, -0.25) is 0 Å². The summed E-state index contributed by atoms with van der Waals surface area (Å²) in [6.45, 7) is 0. The van der Waals surface area contributed by atoms with Crippen molar-refractivity contribution in [2.24, 2.45) is 0 Å². The molecule has 0 aliphatic rings. The Kier molecular flexibility index (Phi) is 3.00. The van der Waals surface area contributed by atoms with Crippen molar-refractivity contribution in [3.63, 3.8) is 0 Å². The van der Waals surface area contributed by atoms with Crippen LogP contribution in [-0.4, -0.2) is 11.6 Å². The van der Waals surface area contributed by atoms with Gasteiger partial charge in [-0.1, -0.05) is 0 Å². The van der Waals surface area contributed by atoms with E-state index in [4.69, 9.17) is 0 Å². The molecule has 0 nitrogen and oxygen atoms in total. The molecule has 0 rings (SSSR count). The molecule has 0 aromatic rings. The van der Waals surface area contributed by atoms with Gasteiger partial charge in [-0.25, -0.2) is 4.39 Å². The van der Waals surface area contributed by atoms with Crippen LogP contribution >= 0.6 is 11.6 Å². The van der Waals surface area contributed by atoms with Crippen molar-refractivity contribution < 1.29 is 30.7 Å². The third-order valence-electron chi connectivity index (χ3n) is 0.690. The lowest BCUT2D eigenvalue weighted by atomic mass is 10.4. The molecule has 0 heterocycles. The quantitative estimate of drug-likeness (QED) is 0.465. The van der Waals surface area contributed by atoms with E-state index in [1.165, 1.54) is 0 Å². The molecule has 12 heavy (non-hydrogen) atoms. The highest BCUT2D eigenvalue weighted by Gasteiger charge is 2.46. The van der Waals surface area contributed by atoms with Crippen LogP contribution < -0.4 is 0 Å². The highest BCUT2D eigenvalue weighted by Crippen LogP contribution is 2.38. The van der Waals surface area contributed by atoms with Gasteiger partial charge < -0.3 is 0 Å². The fourth-order valence-electron chi connectivity index (χ4n) is 0.249. The van der Waals surface area contributed by atoms with E-state index in [-0.39, 0.29) is 0 Å². The molecule has 0 spiro atoms. The topological polar surface area (TPSA) is 0 Å². The average molecular weight is 216 g/mol. The van der Waals surface area contributed by atoms with E-state index >= 15 is 0 Å². The van der Waals surface area contributed by atoms with Crippen molar-refractivity contribution in [3.05, 3.63) is 11.7 Å². The van der Waals surface area contributed by atoms with Crippen LogP contribution in [0.3, 0.4) is 0 Å². The van der Waals surface area contributed by atoms with Crippen molar-refractivity contribution >= 4 is 11.6 Å². The van der Waals surface area contributed by atoms with Crippen LogP contribution in [0, 0.1) is 0 Å². The van der Waals surface area contributed by atoms with E-state index in [0.717, 1.165) is 0 Å². The Bertz CT molecular complexity index is 174. The van der Waals surface area contributed by atoms with Crippen LogP contribution in [-0.2, 0) is 0 Å². The molecule has 0 radical (unpaired) electrons. The summed E-state index contributed by atoms with van der Waals surface area (Å²) in [5, 5.41) is -4.97. The molecule has 0 saturated heterocycles. The van der Waals surface area contributed by atoms with E-state index in [9.17, 15) is 30.7 Å². The number of alkyl halides is 6. The number of allylic oxidation sites excluding steroid dienone is 2. The van der Waals surface area contributed by atoms with Gasteiger partial charge in [-0.05, 0) is 11.6 Å². The second-order valence-electron chi connectivity index (χ2n) is 1.62. The van der Waals surface area contributed by atoms with Crippen molar-refractivity contribution in [1.29, 1.82) is 0 Å². The SMILES string of the molecule is F/C(=C(\F)C(F)(F)Cl)C(F)(F)F. The van der Waals surface area contributed by atoms with Gasteiger partial charge in [0.15, 0.2) is 0 Å². The van der Waals surface area contributed by atoms with Gasteiger partial charge in [0, 0.05) is 0 Å². The van der Waals surface area contributed by atoms with Crippen molar-refractivity contribution in [3.8, 4) is 0 Å². The Morgan fingerprint density at radius 2 is 1.17 bits per heavy atom. The molecule has 0 N–H and O–H groups in total. The fraction of sp³-hybridized carbons (Fsp3) is 0.500. The second kappa shape index (κ2) is 3.12. The van der Waals surface area contributed by atoms with Gasteiger partial charge >= 0.3 is 11.6 Å². The highest BCUT2D eigenvalue weighted by molar-refractivity contribution is 6.23. The second-order valence-corrected chi connectivity index (χ2v) is 2.10. The molecule has 0 atom stereocenters. The normalized spacial score (nSPS) is 16.0. The van der Waals surface area contributed by atoms with Crippen molar-refractivity contribution in [1.82, 2.24) is 0 Å². The van der Waals surface area contributed by atoms with Crippen LogP contribution in [0.1, 0.15) is 0 Å². The number of rotatable bonds is 1. The van der Waals surface area contributed by atoms with Gasteiger partial charge in [0.2, 0.25) is 11.7 Å². The Labute approximate surface area is 66.6 Å². The minimum absolute atomic E-state index is 3.34. The molecule has 8 heteroatoms. The van der Waals surface area contributed by atoms with Crippen LogP contribution in [0.4, 0.5) is 30.7 Å². The molecule has 0 unspecified atom stereocenters. The standard InChI is InChI=1S/C4ClF7/c5-3(8,9)1(6)2(7)4(10,11)12/b2-1-. The molecule has 0 aromatic heterocycles. The van der Waals surface area contributed by atoms with Crippen LogP contribution in [0.2, 0.25) is 0 Å². The summed E-state index contributed by atoms with van der Waals surface area (Å²) >= 11 is 3.78. The summed E-state index contributed by atoms with van der Waals surface area (Å²) in [6.07, 6.45) is -5.79. The van der Waals surface area contributed by atoms with Crippen molar-refractivity contribution in [2.75, 3.05) is 0 Å². The first-order valence-corrected chi connectivity index (χ1v) is 2.64. The first kappa shape index (κ1) is 11.5. The van der Waals surface area contributed by atoms with Gasteiger partial charge in [0.1, 0.15) is 0 Å². The minimum Gasteiger partial charge on any atom is -0.200 e. The molecule has 0 fully saturated rings. The zero-order valence-electron chi connectivity index (χ0n) is 5.02. The summed E-state index contributed by atoms with van der Waals surface area (Å²) < 4.78 is 79.8. The Morgan fingerprint density at radius 1 is 0.833 bits per heavy atom. The number of halogens is 8. The highest BCUT2D eigenvalue weighted by atomic mass is 35.5.